The molecule has 1 aliphatic carbocycles. The van der Waals surface area contributed by atoms with Crippen LogP contribution in [0.25, 0.3) is 0 Å². The van der Waals surface area contributed by atoms with Crippen molar-refractivity contribution in [1.82, 2.24) is 20.2 Å². The summed E-state index contributed by atoms with van der Waals surface area (Å²) < 4.78 is 5.28. The van der Waals surface area contributed by atoms with Crippen LogP contribution in [0.3, 0.4) is 0 Å². The molecule has 7 nitrogen and oxygen atoms in total. The van der Waals surface area contributed by atoms with Gasteiger partial charge in [0.25, 0.3) is 5.91 Å². The van der Waals surface area contributed by atoms with Crippen molar-refractivity contribution in [2.45, 2.75) is 25.2 Å². The summed E-state index contributed by atoms with van der Waals surface area (Å²) in [4.78, 5) is 35.7. The Balaban J connectivity index is 1.47. The number of nitrogens with zero attached hydrogens (tertiary/aromatic N) is 3. The predicted octanol–water partition coefficient (Wildman–Crippen LogP) is 1.79. The Bertz CT molecular complexity index is 887. The third kappa shape index (κ3) is 3.44. The van der Waals surface area contributed by atoms with E-state index < -0.39 is 5.41 Å². The van der Waals surface area contributed by atoms with Crippen molar-refractivity contribution in [3.05, 3.63) is 53.6 Å². The Morgan fingerprint density at radius 2 is 1.96 bits per heavy atom. The maximum Gasteiger partial charge on any atom is 0.257 e. The van der Waals surface area contributed by atoms with Gasteiger partial charge in [-0.05, 0) is 37.0 Å². The summed E-state index contributed by atoms with van der Waals surface area (Å²) in [5.74, 6) is 1.84. The molecular formula is C21H24N4O3. The smallest absolute Gasteiger partial charge is 0.257 e. The van der Waals surface area contributed by atoms with Crippen LogP contribution in [0.4, 0.5) is 0 Å². The van der Waals surface area contributed by atoms with E-state index in [1.807, 2.05) is 24.3 Å². The minimum Gasteiger partial charge on any atom is -0.497 e. The number of ether oxygens (including phenoxy) is 1. The highest BCUT2D eigenvalue weighted by atomic mass is 16.5. The molecule has 2 heterocycles. The number of methoxy groups -OCH3 is 1. The topological polar surface area (TPSA) is 84.4 Å². The standard InChI is InChI=1S/C21H24N4O3/c1-22-20(27)21(9-14-4-3-5-17(8-14)28-2)12-25(13-21)19(26)16-10-23-18(24-11-16)15-6-7-15/h3-5,8,10-11,15H,6-7,9,12-13H2,1-2H3,(H,22,27). The molecule has 0 radical (unpaired) electrons. The Morgan fingerprint density at radius 3 is 2.57 bits per heavy atom. The van der Waals surface area contributed by atoms with Gasteiger partial charge in [0.05, 0.1) is 18.1 Å². The first-order valence-corrected chi connectivity index (χ1v) is 9.51. The second kappa shape index (κ2) is 7.22. The van der Waals surface area contributed by atoms with Crippen molar-refractivity contribution in [2.24, 2.45) is 5.41 Å². The van der Waals surface area contributed by atoms with Gasteiger partial charge in [0.15, 0.2) is 0 Å². The van der Waals surface area contributed by atoms with Crippen LogP contribution in [-0.2, 0) is 11.2 Å². The molecule has 2 aliphatic rings. The summed E-state index contributed by atoms with van der Waals surface area (Å²) in [7, 11) is 3.25. The molecule has 0 spiro atoms. The number of nitrogens with one attached hydrogen (secondary N) is 1. The number of hydrogen-bond acceptors (Lipinski definition) is 5. The lowest BCUT2D eigenvalue weighted by Crippen LogP contribution is -2.65. The first-order valence-electron chi connectivity index (χ1n) is 9.51. The van der Waals surface area contributed by atoms with Crippen LogP contribution < -0.4 is 10.1 Å². The van der Waals surface area contributed by atoms with Crippen LogP contribution in [0.15, 0.2) is 36.7 Å². The molecule has 1 saturated carbocycles. The molecule has 1 aliphatic heterocycles. The van der Waals surface area contributed by atoms with Gasteiger partial charge in [-0.25, -0.2) is 9.97 Å². The van der Waals surface area contributed by atoms with Crippen LogP contribution in [0.5, 0.6) is 5.75 Å². The zero-order chi connectivity index (χ0) is 19.7. The molecule has 2 fully saturated rings. The molecule has 2 amide bonds. The molecule has 1 N–H and O–H groups in total. The number of likely N-dealkylation sites (tertiary alicyclic amines) is 1. The first-order chi connectivity index (χ1) is 13.5. The van der Waals surface area contributed by atoms with Crippen molar-refractivity contribution < 1.29 is 14.3 Å². The van der Waals surface area contributed by atoms with Crippen LogP contribution in [0.2, 0.25) is 0 Å². The van der Waals surface area contributed by atoms with E-state index in [4.69, 9.17) is 4.74 Å². The van der Waals surface area contributed by atoms with Crippen LogP contribution >= 0.6 is 0 Å². The van der Waals surface area contributed by atoms with E-state index >= 15 is 0 Å². The van der Waals surface area contributed by atoms with Crippen molar-refractivity contribution in [3.63, 3.8) is 0 Å². The van der Waals surface area contributed by atoms with Crippen LogP contribution in [0, 0.1) is 5.41 Å². The third-order valence-corrected chi connectivity index (χ3v) is 5.52. The maximum absolute atomic E-state index is 12.8. The fourth-order valence-corrected chi connectivity index (χ4v) is 3.79. The average Bonchev–Trinajstić information content (AvgIpc) is 3.55. The number of benzene rings is 1. The molecule has 28 heavy (non-hydrogen) atoms. The molecule has 7 heteroatoms. The summed E-state index contributed by atoms with van der Waals surface area (Å²) in [6, 6.07) is 7.69. The highest BCUT2D eigenvalue weighted by Crippen LogP contribution is 2.38. The average molecular weight is 380 g/mol. The lowest BCUT2D eigenvalue weighted by atomic mass is 9.73. The Kier molecular flexibility index (Phi) is 4.75. The van der Waals surface area contributed by atoms with Gasteiger partial charge >= 0.3 is 0 Å². The number of aromatic nitrogens is 2. The molecular weight excluding hydrogens is 356 g/mol. The summed E-state index contributed by atoms with van der Waals surface area (Å²) in [6.45, 7) is 0.736. The fraction of sp³-hybridized carbons (Fsp3) is 0.429. The minimum absolute atomic E-state index is 0.0558. The molecule has 146 valence electrons. The molecule has 4 rings (SSSR count). The van der Waals surface area contributed by atoms with Crippen molar-refractivity contribution in [2.75, 3.05) is 27.2 Å². The second-order valence-corrected chi connectivity index (χ2v) is 7.65. The molecule has 0 atom stereocenters. The molecule has 1 aromatic carbocycles. The summed E-state index contributed by atoms with van der Waals surface area (Å²) in [5.41, 5.74) is 0.842. The van der Waals surface area contributed by atoms with Gasteiger partial charge in [-0.15, -0.1) is 0 Å². The van der Waals surface area contributed by atoms with Gasteiger partial charge in [0.2, 0.25) is 5.91 Å². The first kappa shape index (κ1) is 18.4. The molecule has 1 saturated heterocycles. The third-order valence-electron chi connectivity index (χ3n) is 5.52. The Labute approximate surface area is 164 Å². The Hall–Kier alpha value is -2.96. The summed E-state index contributed by atoms with van der Waals surface area (Å²) in [5, 5.41) is 2.75. The Morgan fingerprint density at radius 1 is 1.25 bits per heavy atom. The van der Waals surface area contributed by atoms with E-state index in [-0.39, 0.29) is 11.8 Å². The highest BCUT2D eigenvalue weighted by Gasteiger charge is 2.50. The van der Waals surface area contributed by atoms with E-state index in [0.29, 0.717) is 31.0 Å². The van der Waals surface area contributed by atoms with Gasteiger partial charge in [-0.1, -0.05) is 12.1 Å². The molecule has 1 aromatic heterocycles. The van der Waals surface area contributed by atoms with Gasteiger partial charge in [0, 0.05) is 38.4 Å². The van der Waals surface area contributed by atoms with Crippen molar-refractivity contribution in [1.29, 1.82) is 0 Å². The van der Waals surface area contributed by atoms with Gasteiger partial charge < -0.3 is 15.0 Å². The van der Waals surface area contributed by atoms with Crippen LogP contribution in [-0.4, -0.2) is 53.9 Å². The van der Waals surface area contributed by atoms with Crippen LogP contribution in [0.1, 0.15) is 40.5 Å². The SMILES string of the molecule is CNC(=O)C1(Cc2cccc(OC)c2)CN(C(=O)c2cnc(C3CC3)nc2)C1. The minimum atomic E-state index is -0.633. The van der Waals surface area contributed by atoms with E-state index in [0.717, 1.165) is 30.0 Å². The summed E-state index contributed by atoms with van der Waals surface area (Å²) in [6.07, 6.45) is 6.00. The lowest BCUT2D eigenvalue weighted by Gasteiger charge is -2.48. The molecule has 0 bridgehead atoms. The van der Waals surface area contributed by atoms with E-state index in [1.54, 1.807) is 31.5 Å². The summed E-state index contributed by atoms with van der Waals surface area (Å²) >= 11 is 0. The van der Waals surface area contributed by atoms with Gasteiger partial charge in [-0.2, -0.15) is 0 Å². The maximum atomic E-state index is 12.8. The number of carbonyl (C=O) groups is 2. The predicted molar refractivity (Wildman–Crippen MR) is 103 cm³/mol. The monoisotopic (exact) mass is 380 g/mol. The van der Waals surface area contributed by atoms with Gasteiger partial charge in [0.1, 0.15) is 11.6 Å². The second-order valence-electron chi connectivity index (χ2n) is 7.65. The number of amides is 2. The zero-order valence-electron chi connectivity index (χ0n) is 16.1. The zero-order valence-corrected chi connectivity index (χ0v) is 16.1. The largest absolute Gasteiger partial charge is 0.497 e. The van der Waals surface area contributed by atoms with Gasteiger partial charge in [-0.3, -0.25) is 9.59 Å². The van der Waals surface area contributed by atoms with Crippen molar-refractivity contribution in [3.8, 4) is 5.75 Å². The molecule has 0 unspecified atom stereocenters. The fourth-order valence-electron chi connectivity index (χ4n) is 3.79. The van der Waals surface area contributed by atoms with E-state index in [1.165, 1.54) is 0 Å². The molecule has 2 aromatic rings. The lowest BCUT2D eigenvalue weighted by molar-refractivity contribution is -0.138. The highest BCUT2D eigenvalue weighted by molar-refractivity contribution is 5.96. The number of carbonyl (C=O) groups excluding carboxylic acids is 2. The van der Waals surface area contributed by atoms with E-state index in [9.17, 15) is 9.59 Å². The number of rotatable bonds is 6. The van der Waals surface area contributed by atoms with E-state index in [2.05, 4.69) is 15.3 Å². The normalized spacial score (nSPS) is 17.6. The van der Waals surface area contributed by atoms with Crippen molar-refractivity contribution >= 4 is 11.8 Å². The quantitative estimate of drug-likeness (QED) is 0.826. The number of hydrogen-bond donors (Lipinski definition) is 1.